The second kappa shape index (κ2) is 9.79. The van der Waals surface area contributed by atoms with E-state index in [9.17, 15) is 4.79 Å². The molecule has 22 heavy (non-hydrogen) atoms. The minimum absolute atomic E-state index is 0. The molecule has 6 nitrogen and oxygen atoms in total. The molecule has 0 radical (unpaired) electrons. The fourth-order valence-corrected chi connectivity index (χ4v) is 2.55. The first kappa shape index (κ1) is 18.9. The Morgan fingerprint density at radius 2 is 1.82 bits per heavy atom. The standard InChI is InChI=1S/C15H27N5O.ClH/c1-3-4-5-6-7-8-20-13-14(16-17-20)15(21)19-11-9-18(2)10-12-19;/h13H,3-12H2,1-2H3;1H. The van der Waals surface area contributed by atoms with Crippen LogP contribution in [0.3, 0.4) is 0 Å². The van der Waals surface area contributed by atoms with Crippen LogP contribution >= 0.6 is 12.4 Å². The van der Waals surface area contributed by atoms with Gasteiger partial charge in [-0.25, -0.2) is 0 Å². The fourth-order valence-electron chi connectivity index (χ4n) is 2.55. The highest BCUT2D eigenvalue weighted by atomic mass is 35.5. The second-order valence-electron chi connectivity index (χ2n) is 5.88. The van der Waals surface area contributed by atoms with Gasteiger partial charge in [0, 0.05) is 32.7 Å². The van der Waals surface area contributed by atoms with Gasteiger partial charge < -0.3 is 9.80 Å². The molecule has 0 saturated carbocycles. The molecule has 1 aliphatic rings. The third-order valence-corrected chi connectivity index (χ3v) is 4.04. The molecule has 2 heterocycles. The number of hydrogen-bond donors (Lipinski definition) is 0. The van der Waals surface area contributed by atoms with Crippen molar-refractivity contribution in [1.29, 1.82) is 0 Å². The third kappa shape index (κ3) is 5.57. The van der Waals surface area contributed by atoms with Crippen LogP contribution in [0.25, 0.3) is 0 Å². The molecule has 7 heteroatoms. The number of aryl methyl sites for hydroxylation is 1. The molecule has 1 fully saturated rings. The van der Waals surface area contributed by atoms with Crippen molar-refractivity contribution in [3.05, 3.63) is 11.9 Å². The van der Waals surface area contributed by atoms with Gasteiger partial charge in [-0.2, -0.15) is 0 Å². The summed E-state index contributed by atoms with van der Waals surface area (Å²) in [6.07, 6.45) is 7.94. The molecule has 1 saturated heterocycles. The SMILES string of the molecule is CCCCCCCn1cc(C(=O)N2CCN(C)CC2)nn1.Cl. The third-order valence-electron chi connectivity index (χ3n) is 4.04. The lowest BCUT2D eigenvalue weighted by Gasteiger charge is -2.31. The molecule has 0 aliphatic carbocycles. The number of carbonyl (C=O) groups excluding carboxylic acids is 1. The summed E-state index contributed by atoms with van der Waals surface area (Å²) in [7, 11) is 2.08. The van der Waals surface area contributed by atoms with Crippen LogP contribution in [0.1, 0.15) is 49.5 Å². The first-order valence-electron chi connectivity index (χ1n) is 8.08. The Labute approximate surface area is 139 Å². The molecule has 1 aliphatic heterocycles. The summed E-state index contributed by atoms with van der Waals surface area (Å²) >= 11 is 0. The Morgan fingerprint density at radius 1 is 1.14 bits per heavy atom. The molecule has 0 aromatic carbocycles. The van der Waals surface area contributed by atoms with E-state index in [1.54, 1.807) is 10.9 Å². The van der Waals surface area contributed by atoms with Gasteiger partial charge in [-0.1, -0.05) is 37.8 Å². The van der Waals surface area contributed by atoms with Crippen LogP contribution in [-0.2, 0) is 6.54 Å². The highest BCUT2D eigenvalue weighted by Gasteiger charge is 2.22. The van der Waals surface area contributed by atoms with Gasteiger partial charge in [0.1, 0.15) is 0 Å². The number of hydrogen-bond acceptors (Lipinski definition) is 4. The summed E-state index contributed by atoms with van der Waals surface area (Å²) in [4.78, 5) is 16.4. The van der Waals surface area contributed by atoms with E-state index >= 15 is 0 Å². The van der Waals surface area contributed by atoms with E-state index in [0.717, 1.165) is 39.1 Å². The molecule has 2 rings (SSSR count). The molecule has 1 aromatic heterocycles. The maximum Gasteiger partial charge on any atom is 0.276 e. The van der Waals surface area contributed by atoms with Gasteiger partial charge in [0.15, 0.2) is 5.69 Å². The van der Waals surface area contributed by atoms with Crippen molar-refractivity contribution in [2.24, 2.45) is 0 Å². The Bertz CT molecular complexity index is 443. The Hall–Kier alpha value is -1.14. The molecule has 0 spiro atoms. The van der Waals surface area contributed by atoms with Crippen molar-refractivity contribution in [1.82, 2.24) is 24.8 Å². The highest BCUT2D eigenvalue weighted by molar-refractivity contribution is 5.92. The highest BCUT2D eigenvalue weighted by Crippen LogP contribution is 2.07. The van der Waals surface area contributed by atoms with Crippen LogP contribution in [0.15, 0.2) is 6.20 Å². The van der Waals surface area contributed by atoms with E-state index < -0.39 is 0 Å². The fraction of sp³-hybridized carbons (Fsp3) is 0.800. The monoisotopic (exact) mass is 329 g/mol. The zero-order valence-electron chi connectivity index (χ0n) is 13.7. The topological polar surface area (TPSA) is 54.3 Å². The van der Waals surface area contributed by atoms with Gasteiger partial charge in [-0.05, 0) is 13.5 Å². The number of rotatable bonds is 7. The predicted octanol–water partition coefficient (Wildman–Crippen LogP) is 2.06. The minimum atomic E-state index is 0. The number of piperazine rings is 1. The largest absolute Gasteiger partial charge is 0.335 e. The average molecular weight is 330 g/mol. The smallest absolute Gasteiger partial charge is 0.276 e. The lowest BCUT2D eigenvalue weighted by Crippen LogP contribution is -2.47. The number of aromatic nitrogens is 3. The average Bonchev–Trinajstić information content (AvgIpc) is 2.96. The molecule has 1 aromatic rings. The van der Waals surface area contributed by atoms with Crippen molar-refractivity contribution in [3.63, 3.8) is 0 Å². The van der Waals surface area contributed by atoms with Crippen LogP contribution in [-0.4, -0.2) is 63.9 Å². The van der Waals surface area contributed by atoms with E-state index in [4.69, 9.17) is 0 Å². The zero-order chi connectivity index (χ0) is 15.1. The number of nitrogens with zero attached hydrogens (tertiary/aromatic N) is 5. The maximum absolute atomic E-state index is 12.3. The van der Waals surface area contributed by atoms with Crippen molar-refractivity contribution in [2.75, 3.05) is 33.2 Å². The summed E-state index contributed by atoms with van der Waals surface area (Å²) in [5, 5.41) is 8.11. The van der Waals surface area contributed by atoms with Crippen LogP contribution in [0.2, 0.25) is 0 Å². The van der Waals surface area contributed by atoms with E-state index in [1.165, 1.54) is 25.7 Å². The van der Waals surface area contributed by atoms with Gasteiger partial charge in [-0.15, -0.1) is 17.5 Å². The molecule has 0 atom stereocenters. The molecule has 0 N–H and O–H groups in total. The zero-order valence-corrected chi connectivity index (χ0v) is 14.5. The number of likely N-dealkylation sites (N-methyl/N-ethyl adjacent to an activating group) is 1. The number of halogens is 1. The number of carbonyl (C=O) groups is 1. The Kier molecular flexibility index (Phi) is 8.42. The summed E-state index contributed by atoms with van der Waals surface area (Å²) < 4.78 is 1.80. The van der Waals surface area contributed by atoms with Crippen LogP contribution < -0.4 is 0 Å². The van der Waals surface area contributed by atoms with Crippen LogP contribution in [0.4, 0.5) is 0 Å². The van der Waals surface area contributed by atoms with Gasteiger partial charge in [0.05, 0.1) is 6.20 Å². The van der Waals surface area contributed by atoms with Crippen molar-refractivity contribution in [3.8, 4) is 0 Å². The van der Waals surface area contributed by atoms with Gasteiger partial charge >= 0.3 is 0 Å². The summed E-state index contributed by atoms with van der Waals surface area (Å²) in [6, 6.07) is 0. The molecule has 0 bridgehead atoms. The summed E-state index contributed by atoms with van der Waals surface area (Å²) in [5.74, 6) is 0.0142. The first-order chi connectivity index (χ1) is 10.2. The molecule has 126 valence electrons. The van der Waals surface area contributed by atoms with E-state index in [1.807, 2.05) is 4.90 Å². The molecular weight excluding hydrogens is 302 g/mol. The second-order valence-corrected chi connectivity index (χ2v) is 5.88. The lowest BCUT2D eigenvalue weighted by atomic mass is 10.1. The van der Waals surface area contributed by atoms with Crippen molar-refractivity contribution >= 4 is 18.3 Å². The van der Waals surface area contributed by atoms with Crippen molar-refractivity contribution in [2.45, 2.75) is 45.6 Å². The lowest BCUT2D eigenvalue weighted by molar-refractivity contribution is 0.0658. The van der Waals surface area contributed by atoms with Gasteiger partial charge in [0.25, 0.3) is 5.91 Å². The Balaban J connectivity index is 0.00000242. The van der Waals surface area contributed by atoms with Gasteiger partial charge in [0.2, 0.25) is 0 Å². The van der Waals surface area contributed by atoms with Crippen molar-refractivity contribution < 1.29 is 4.79 Å². The van der Waals surface area contributed by atoms with Crippen LogP contribution in [0, 0.1) is 0 Å². The summed E-state index contributed by atoms with van der Waals surface area (Å²) in [5.41, 5.74) is 0.480. The quantitative estimate of drug-likeness (QED) is 0.718. The predicted molar refractivity (Wildman–Crippen MR) is 89.4 cm³/mol. The summed E-state index contributed by atoms with van der Waals surface area (Å²) in [6.45, 7) is 6.48. The normalized spacial score (nSPS) is 15.6. The van der Waals surface area contributed by atoms with E-state index in [0.29, 0.717) is 5.69 Å². The molecule has 1 amide bonds. The van der Waals surface area contributed by atoms with E-state index in [-0.39, 0.29) is 18.3 Å². The maximum atomic E-state index is 12.3. The van der Waals surface area contributed by atoms with Gasteiger partial charge in [-0.3, -0.25) is 9.48 Å². The van der Waals surface area contributed by atoms with E-state index in [2.05, 4.69) is 29.2 Å². The minimum Gasteiger partial charge on any atom is -0.335 e. The molecular formula is C15H28ClN5O. The Morgan fingerprint density at radius 3 is 2.50 bits per heavy atom. The number of unbranched alkanes of at least 4 members (excludes halogenated alkanes) is 4. The van der Waals surface area contributed by atoms with Crippen LogP contribution in [0.5, 0.6) is 0 Å². The molecule has 0 unspecified atom stereocenters. The first-order valence-corrected chi connectivity index (χ1v) is 8.08. The number of amides is 1.